The van der Waals surface area contributed by atoms with Gasteiger partial charge in [-0.2, -0.15) is 0 Å². The molecule has 0 spiro atoms. The molecule has 0 amide bonds. The second-order valence-corrected chi connectivity index (χ2v) is 4.86. The minimum absolute atomic E-state index is 0.0713. The highest BCUT2D eigenvalue weighted by Gasteiger charge is 2.04. The van der Waals surface area contributed by atoms with Gasteiger partial charge in [0, 0.05) is 25.8 Å². The van der Waals surface area contributed by atoms with Crippen molar-refractivity contribution in [3.63, 3.8) is 0 Å². The smallest absolute Gasteiger partial charge is 0.0367 e. The summed E-state index contributed by atoms with van der Waals surface area (Å²) in [6.45, 7) is 2.01. The molecule has 2 N–H and O–H groups in total. The highest BCUT2D eigenvalue weighted by atomic mass is 15.1. The molecule has 0 aromatic heterocycles. The lowest BCUT2D eigenvalue weighted by molar-refractivity contribution is 0.819. The number of nitrogens with two attached hydrogens (primary N) is 1. The fraction of sp³-hybridized carbons (Fsp3) is 0.250. The molecule has 1 unspecified atom stereocenters. The van der Waals surface area contributed by atoms with Crippen LogP contribution in [-0.4, -0.2) is 14.1 Å². The number of benzene rings is 2. The van der Waals surface area contributed by atoms with Crippen molar-refractivity contribution in [3.05, 3.63) is 54.1 Å². The van der Waals surface area contributed by atoms with Gasteiger partial charge < -0.3 is 10.6 Å². The Kier molecular flexibility index (Phi) is 3.68. The van der Waals surface area contributed by atoms with Crippen molar-refractivity contribution in [2.24, 2.45) is 5.73 Å². The van der Waals surface area contributed by atoms with Crippen molar-refractivity contribution in [2.75, 3.05) is 19.0 Å². The van der Waals surface area contributed by atoms with Crippen LogP contribution in [0, 0.1) is 0 Å². The molecule has 94 valence electrons. The Labute approximate surface area is 109 Å². The highest BCUT2D eigenvalue weighted by molar-refractivity contribution is 5.69. The molecule has 2 rings (SSSR count). The van der Waals surface area contributed by atoms with Crippen LogP contribution in [0.5, 0.6) is 0 Å². The largest absolute Gasteiger partial charge is 0.378 e. The molecule has 0 aliphatic rings. The number of hydrogen-bond acceptors (Lipinski definition) is 2. The lowest BCUT2D eigenvalue weighted by Crippen LogP contribution is -2.08. The average molecular weight is 240 g/mol. The van der Waals surface area contributed by atoms with Crippen molar-refractivity contribution < 1.29 is 0 Å². The molecular formula is C16H20N2. The van der Waals surface area contributed by atoms with Crippen LogP contribution in [0.2, 0.25) is 0 Å². The summed E-state index contributed by atoms with van der Waals surface area (Å²) in [5.74, 6) is 0. The van der Waals surface area contributed by atoms with E-state index in [1.54, 1.807) is 0 Å². The van der Waals surface area contributed by atoms with E-state index in [1.807, 2.05) is 6.92 Å². The molecule has 1 atom stereocenters. The van der Waals surface area contributed by atoms with Crippen LogP contribution in [0.3, 0.4) is 0 Å². The monoisotopic (exact) mass is 240 g/mol. The Hall–Kier alpha value is -1.80. The first-order valence-corrected chi connectivity index (χ1v) is 6.21. The van der Waals surface area contributed by atoms with E-state index in [0.29, 0.717) is 0 Å². The summed E-state index contributed by atoms with van der Waals surface area (Å²) < 4.78 is 0. The topological polar surface area (TPSA) is 29.3 Å². The van der Waals surface area contributed by atoms with E-state index < -0.39 is 0 Å². The van der Waals surface area contributed by atoms with Crippen LogP contribution in [-0.2, 0) is 0 Å². The molecule has 0 saturated carbocycles. The van der Waals surface area contributed by atoms with Crippen molar-refractivity contribution in [2.45, 2.75) is 13.0 Å². The van der Waals surface area contributed by atoms with Gasteiger partial charge in [-0.3, -0.25) is 0 Å². The maximum absolute atomic E-state index is 5.93. The van der Waals surface area contributed by atoms with Gasteiger partial charge in [0.25, 0.3) is 0 Å². The van der Waals surface area contributed by atoms with Crippen LogP contribution < -0.4 is 10.6 Å². The van der Waals surface area contributed by atoms with Crippen molar-refractivity contribution in [1.82, 2.24) is 0 Å². The standard InChI is InChI=1S/C16H20N2/c1-12(17)13-6-4-7-14(10-13)15-8-5-9-16(11-15)18(2)3/h4-12H,17H2,1-3H3. The zero-order valence-electron chi connectivity index (χ0n) is 11.2. The van der Waals surface area contributed by atoms with Crippen LogP contribution in [0.25, 0.3) is 11.1 Å². The minimum atomic E-state index is 0.0713. The van der Waals surface area contributed by atoms with Gasteiger partial charge in [0.1, 0.15) is 0 Å². The van der Waals surface area contributed by atoms with Crippen molar-refractivity contribution in [3.8, 4) is 11.1 Å². The van der Waals surface area contributed by atoms with Crippen molar-refractivity contribution in [1.29, 1.82) is 0 Å². The summed E-state index contributed by atoms with van der Waals surface area (Å²) in [7, 11) is 4.11. The average Bonchev–Trinajstić information content (AvgIpc) is 2.39. The molecular weight excluding hydrogens is 220 g/mol. The molecule has 18 heavy (non-hydrogen) atoms. The Morgan fingerprint density at radius 2 is 1.56 bits per heavy atom. The molecule has 2 aromatic rings. The summed E-state index contributed by atoms with van der Waals surface area (Å²) in [4.78, 5) is 2.11. The van der Waals surface area contributed by atoms with E-state index in [0.717, 1.165) is 0 Å². The summed E-state index contributed by atoms with van der Waals surface area (Å²) in [6.07, 6.45) is 0. The zero-order valence-corrected chi connectivity index (χ0v) is 11.2. The van der Waals surface area contributed by atoms with Crippen LogP contribution in [0.1, 0.15) is 18.5 Å². The van der Waals surface area contributed by atoms with E-state index in [-0.39, 0.29) is 6.04 Å². The molecule has 0 radical (unpaired) electrons. The molecule has 0 fully saturated rings. The lowest BCUT2D eigenvalue weighted by Gasteiger charge is -2.14. The van der Waals surface area contributed by atoms with Gasteiger partial charge in [-0.25, -0.2) is 0 Å². The van der Waals surface area contributed by atoms with E-state index in [4.69, 9.17) is 5.73 Å². The molecule has 2 heteroatoms. The molecule has 0 heterocycles. The van der Waals surface area contributed by atoms with Crippen LogP contribution >= 0.6 is 0 Å². The maximum atomic E-state index is 5.93. The first kappa shape index (κ1) is 12.7. The normalized spacial score (nSPS) is 12.2. The molecule has 0 aliphatic heterocycles. The third-order valence-electron chi connectivity index (χ3n) is 3.11. The predicted molar refractivity (Wildman–Crippen MR) is 78.8 cm³/mol. The Bertz CT molecular complexity index is 481. The first-order chi connectivity index (χ1) is 8.58. The maximum Gasteiger partial charge on any atom is 0.0367 e. The zero-order chi connectivity index (χ0) is 13.1. The first-order valence-electron chi connectivity index (χ1n) is 6.21. The van der Waals surface area contributed by atoms with Crippen LogP contribution in [0.15, 0.2) is 48.5 Å². The Morgan fingerprint density at radius 3 is 2.17 bits per heavy atom. The second kappa shape index (κ2) is 5.23. The van der Waals surface area contributed by atoms with Gasteiger partial charge in [0.15, 0.2) is 0 Å². The molecule has 2 nitrogen and oxygen atoms in total. The predicted octanol–water partition coefficient (Wildman–Crippen LogP) is 3.44. The van der Waals surface area contributed by atoms with Gasteiger partial charge in [0.2, 0.25) is 0 Å². The van der Waals surface area contributed by atoms with Gasteiger partial charge in [-0.15, -0.1) is 0 Å². The SMILES string of the molecule is CC(N)c1cccc(-c2cccc(N(C)C)c2)c1. The third-order valence-corrected chi connectivity index (χ3v) is 3.11. The molecule has 0 saturated heterocycles. The van der Waals surface area contributed by atoms with E-state index in [1.165, 1.54) is 22.4 Å². The van der Waals surface area contributed by atoms with Gasteiger partial charge in [-0.1, -0.05) is 30.3 Å². The number of nitrogens with zero attached hydrogens (tertiary/aromatic N) is 1. The van der Waals surface area contributed by atoms with E-state index in [2.05, 4.69) is 67.5 Å². The highest BCUT2D eigenvalue weighted by Crippen LogP contribution is 2.25. The van der Waals surface area contributed by atoms with Crippen LogP contribution in [0.4, 0.5) is 5.69 Å². The summed E-state index contributed by atoms with van der Waals surface area (Å²) in [5.41, 5.74) is 10.7. The third kappa shape index (κ3) is 2.71. The fourth-order valence-electron chi connectivity index (χ4n) is 1.97. The number of anilines is 1. The number of rotatable bonds is 3. The van der Waals surface area contributed by atoms with E-state index >= 15 is 0 Å². The quantitative estimate of drug-likeness (QED) is 0.890. The Balaban J connectivity index is 2.42. The molecule has 2 aromatic carbocycles. The van der Waals surface area contributed by atoms with Gasteiger partial charge in [-0.05, 0) is 41.8 Å². The lowest BCUT2D eigenvalue weighted by atomic mass is 10.00. The van der Waals surface area contributed by atoms with Gasteiger partial charge in [0.05, 0.1) is 0 Å². The Morgan fingerprint density at radius 1 is 0.944 bits per heavy atom. The molecule has 0 aliphatic carbocycles. The van der Waals surface area contributed by atoms with Crippen molar-refractivity contribution >= 4 is 5.69 Å². The molecule has 0 bridgehead atoms. The summed E-state index contributed by atoms with van der Waals surface area (Å²) in [5, 5.41) is 0. The summed E-state index contributed by atoms with van der Waals surface area (Å²) >= 11 is 0. The summed E-state index contributed by atoms with van der Waals surface area (Å²) in [6, 6.07) is 17.0. The van der Waals surface area contributed by atoms with E-state index in [9.17, 15) is 0 Å². The number of hydrogen-bond donors (Lipinski definition) is 1. The fourth-order valence-corrected chi connectivity index (χ4v) is 1.97. The minimum Gasteiger partial charge on any atom is -0.378 e. The second-order valence-electron chi connectivity index (χ2n) is 4.86. The van der Waals surface area contributed by atoms with Gasteiger partial charge >= 0.3 is 0 Å².